The van der Waals surface area contributed by atoms with E-state index in [9.17, 15) is 9.18 Å². The molecule has 0 saturated heterocycles. The first-order valence-corrected chi connectivity index (χ1v) is 5.90. The van der Waals surface area contributed by atoms with Crippen molar-refractivity contribution in [3.63, 3.8) is 0 Å². The Bertz CT molecular complexity index is 389. The number of halogens is 1. The van der Waals surface area contributed by atoms with E-state index >= 15 is 0 Å². The molecule has 0 aromatic heterocycles. The molecular formula is C13H19FN2O. The van der Waals surface area contributed by atoms with Gasteiger partial charge in [-0.3, -0.25) is 0 Å². The number of hydrogen-bond acceptors (Lipinski definition) is 1. The largest absolute Gasteiger partial charge is 0.335 e. The number of anilines is 1. The molecule has 94 valence electrons. The van der Waals surface area contributed by atoms with E-state index in [1.807, 2.05) is 13.8 Å². The molecule has 17 heavy (non-hydrogen) atoms. The third kappa shape index (κ3) is 4.06. The second kappa shape index (κ2) is 6.23. The molecule has 1 rings (SSSR count). The van der Waals surface area contributed by atoms with Crippen molar-refractivity contribution in [3.8, 4) is 0 Å². The van der Waals surface area contributed by atoms with Crippen molar-refractivity contribution in [1.29, 1.82) is 0 Å². The minimum absolute atomic E-state index is 0.128. The third-order valence-electron chi connectivity index (χ3n) is 2.69. The Hall–Kier alpha value is -1.58. The predicted octanol–water partition coefficient (Wildman–Crippen LogP) is 3.44. The summed E-state index contributed by atoms with van der Waals surface area (Å²) in [5.74, 6) is -0.412. The Morgan fingerprint density at radius 3 is 2.53 bits per heavy atom. The number of carbonyl (C=O) groups excluding carboxylic acids is 1. The fourth-order valence-electron chi connectivity index (χ4n) is 1.56. The number of amides is 2. The van der Waals surface area contributed by atoms with Crippen LogP contribution in [0.1, 0.15) is 32.3 Å². The van der Waals surface area contributed by atoms with Crippen LogP contribution in [0.15, 0.2) is 18.2 Å². The van der Waals surface area contributed by atoms with E-state index in [-0.39, 0.29) is 17.8 Å². The van der Waals surface area contributed by atoms with Crippen molar-refractivity contribution in [2.75, 3.05) is 5.32 Å². The molecule has 2 N–H and O–H groups in total. The molecule has 0 aliphatic carbocycles. The van der Waals surface area contributed by atoms with Crippen LogP contribution in [-0.4, -0.2) is 12.1 Å². The average molecular weight is 238 g/mol. The maximum Gasteiger partial charge on any atom is 0.319 e. The molecule has 0 spiro atoms. The van der Waals surface area contributed by atoms with Gasteiger partial charge in [0.15, 0.2) is 0 Å². The van der Waals surface area contributed by atoms with Crippen LogP contribution < -0.4 is 10.6 Å². The first kappa shape index (κ1) is 13.5. The van der Waals surface area contributed by atoms with Gasteiger partial charge in [-0.25, -0.2) is 9.18 Å². The van der Waals surface area contributed by atoms with E-state index < -0.39 is 5.82 Å². The summed E-state index contributed by atoms with van der Waals surface area (Å²) >= 11 is 0. The Morgan fingerprint density at radius 1 is 1.35 bits per heavy atom. The van der Waals surface area contributed by atoms with Gasteiger partial charge in [0.1, 0.15) is 5.82 Å². The Labute approximate surface area is 101 Å². The molecule has 2 amide bonds. The monoisotopic (exact) mass is 238 g/mol. The molecule has 0 heterocycles. The van der Waals surface area contributed by atoms with Crippen LogP contribution in [-0.2, 0) is 0 Å². The molecule has 3 nitrogen and oxygen atoms in total. The first-order valence-electron chi connectivity index (χ1n) is 5.90. The highest BCUT2D eigenvalue weighted by molar-refractivity contribution is 5.89. The summed E-state index contributed by atoms with van der Waals surface area (Å²) in [7, 11) is 0. The zero-order chi connectivity index (χ0) is 12.8. The lowest BCUT2D eigenvalue weighted by Gasteiger charge is -2.15. The molecule has 0 radical (unpaired) electrons. The second-order valence-electron chi connectivity index (χ2n) is 4.10. The summed E-state index contributed by atoms with van der Waals surface area (Å²) in [6, 6.07) is 4.49. The zero-order valence-electron chi connectivity index (χ0n) is 10.5. The fraction of sp³-hybridized carbons (Fsp3) is 0.462. The third-order valence-corrected chi connectivity index (χ3v) is 2.69. The van der Waals surface area contributed by atoms with Gasteiger partial charge >= 0.3 is 6.03 Å². The van der Waals surface area contributed by atoms with E-state index in [0.29, 0.717) is 0 Å². The van der Waals surface area contributed by atoms with Gasteiger partial charge in [-0.1, -0.05) is 19.9 Å². The van der Waals surface area contributed by atoms with E-state index in [4.69, 9.17) is 0 Å². The number of nitrogens with one attached hydrogen (secondary N) is 2. The number of carbonyl (C=O) groups is 1. The van der Waals surface area contributed by atoms with Crippen molar-refractivity contribution >= 4 is 11.7 Å². The lowest BCUT2D eigenvalue weighted by molar-refractivity contribution is 0.247. The standard InChI is InChI=1S/C13H19FN2O/c1-4-10(5-2)15-13(17)16-12-7-6-9(3)8-11(12)14/h6-8,10H,4-5H2,1-3H3,(H2,15,16,17). The van der Waals surface area contributed by atoms with Gasteiger partial charge < -0.3 is 10.6 Å². The minimum Gasteiger partial charge on any atom is -0.335 e. The highest BCUT2D eigenvalue weighted by Crippen LogP contribution is 2.15. The number of urea groups is 1. The maximum absolute atomic E-state index is 13.5. The zero-order valence-corrected chi connectivity index (χ0v) is 10.5. The molecule has 1 aromatic carbocycles. The normalized spacial score (nSPS) is 10.4. The summed E-state index contributed by atoms with van der Waals surface area (Å²) in [6.45, 7) is 5.80. The maximum atomic E-state index is 13.5. The lowest BCUT2D eigenvalue weighted by atomic mass is 10.2. The molecular weight excluding hydrogens is 219 g/mol. The number of aryl methyl sites for hydroxylation is 1. The van der Waals surface area contributed by atoms with Gasteiger partial charge in [-0.2, -0.15) is 0 Å². The van der Waals surface area contributed by atoms with Gasteiger partial charge in [-0.15, -0.1) is 0 Å². The van der Waals surface area contributed by atoms with Crippen LogP contribution in [0.5, 0.6) is 0 Å². The SMILES string of the molecule is CCC(CC)NC(=O)Nc1ccc(C)cc1F. The summed E-state index contributed by atoms with van der Waals surface area (Å²) < 4.78 is 13.5. The highest BCUT2D eigenvalue weighted by atomic mass is 19.1. The molecule has 0 aliphatic heterocycles. The number of hydrogen-bond donors (Lipinski definition) is 2. The van der Waals surface area contributed by atoms with Gasteiger partial charge in [-0.05, 0) is 37.5 Å². The van der Waals surface area contributed by atoms with Crippen LogP contribution in [0.25, 0.3) is 0 Å². The van der Waals surface area contributed by atoms with Gasteiger partial charge in [0.05, 0.1) is 5.69 Å². The molecule has 1 aromatic rings. The Balaban J connectivity index is 2.62. The quantitative estimate of drug-likeness (QED) is 0.828. The Kier molecular flexibility index (Phi) is 4.94. The molecule has 0 unspecified atom stereocenters. The van der Waals surface area contributed by atoms with E-state index in [2.05, 4.69) is 10.6 Å². The smallest absolute Gasteiger partial charge is 0.319 e. The summed E-state index contributed by atoms with van der Waals surface area (Å²) in [5.41, 5.74) is 1.03. The topological polar surface area (TPSA) is 41.1 Å². The molecule has 0 aliphatic rings. The summed E-state index contributed by atoms with van der Waals surface area (Å²) in [6.07, 6.45) is 1.72. The van der Waals surface area contributed by atoms with E-state index in [0.717, 1.165) is 18.4 Å². The van der Waals surface area contributed by atoms with Crippen LogP contribution in [0.3, 0.4) is 0 Å². The van der Waals surface area contributed by atoms with Crippen molar-refractivity contribution in [2.45, 2.75) is 39.7 Å². The van der Waals surface area contributed by atoms with E-state index in [1.165, 1.54) is 6.07 Å². The van der Waals surface area contributed by atoms with Gasteiger partial charge in [0.2, 0.25) is 0 Å². The van der Waals surface area contributed by atoms with Gasteiger partial charge in [0, 0.05) is 6.04 Å². The molecule has 0 atom stereocenters. The minimum atomic E-state index is -0.412. The average Bonchev–Trinajstić information content (AvgIpc) is 2.29. The highest BCUT2D eigenvalue weighted by Gasteiger charge is 2.10. The molecule has 0 saturated carbocycles. The lowest BCUT2D eigenvalue weighted by Crippen LogP contribution is -2.37. The van der Waals surface area contributed by atoms with Crippen molar-refractivity contribution < 1.29 is 9.18 Å². The first-order chi connectivity index (χ1) is 8.06. The van der Waals surface area contributed by atoms with Crippen LogP contribution in [0, 0.1) is 12.7 Å². The second-order valence-corrected chi connectivity index (χ2v) is 4.10. The van der Waals surface area contributed by atoms with Crippen LogP contribution >= 0.6 is 0 Å². The van der Waals surface area contributed by atoms with Crippen molar-refractivity contribution in [2.24, 2.45) is 0 Å². The van der Waals surface area contributed by atoms with Crippen LogP contribution in [0.4, 0.5) is 14.9 Å². The van der Waals surface area contributed by atoms with Crippen molar-refractivity contribution in [3.05, 3.63) is 29.6 Å². The molecule has 4 heteroatoms. The van der Waals surface area contributed by atoms with Crippen molar-refractivity contribution in [1.82, 2.24) is 5.32 Å². The van der Waals surface area contributed by atoms with Crippen LogP contribution in [0.2, 0.25) is 0 Å². The summed E-state index contributed by atoms with van der Waals surface area (Å²) in [4.78, 5) is 11.6. The molecule has 0 fully saturated rings. The summed E-state index contributed by atoms with van der Waals surface area (Å²) in [5, 5.41) is 5.30. The van der Waals surface area contributed by atoms with E-state index in [1.54, 1.807) is 19.1 Å². The Morgan fingerprint density at radius 2 is 2.00 bits per heavy atom. The fourth-order valence-corrected chi connectivity index (χ4v) is 1.56. The number of benzene rings is 1. The molecule has 0 bridgehead atoms. The van der Waals surface area contributed by atoms with Gasteiger partial charge in [0.25, 0.3) is 0 Å². The predicted molar refractivity (Wildman–Crippen MR) is 67.7 cm³/mol. The number of rotatable bonds is 4.